The van der Waals surface area contributed by atoms with Gasteiger partial charge in [0.15, 0.2) is 5.16 Å². The van der Waals surface area contributed by atoms with Crippen LogP contribution in [0.4, 0.5) is 0 Å². The smallest absolute Gasteiger partial charge is 0.196 e. The Morgan fingerprint density at radius 1 is 1.05 bits per heavy atom. The van der Waals surface area contributed by atoms with Crippen molar-refractivity contribution in [3.8, 4) is 11.4 Å². The van der Waals surface area contributed by atoms with E-state index in [-0.39, 0.29) is 0 Å². The number of rotatable bonds is 5. The number of para-hydroxylation sites is 2. The maximum Gasteiger partial charge on any atom is 0.196 e. The maximum absolute atomic E-state index is 5.40. The van der Waals surface area contributed by atoms with E-state index in [0.717, 1.165) is 22.3 Å². The lowest BCUT2D eigenvalue weighted by atomic mass is 10.2. The van der Waals surface area contributed by atoms with E-state index in [1.165, 1.54) is 5.56 Å². The lowest BCUT2D eigenvalue weighted by Gasteiger charge is -2.10. The second kappa shape index (κ2) is 6.45. The van der Waals surface area contributed by atoms with E-state index in [1.54, 1.807) is 25.2 Å². The van der Waals surface area contributed by atoms with Gasteiger partial charge in [-0.2, -0.15) is 0 Å². The van der Waals surface area contributed by atoms with Crippen molar-refractivity contribution in [2.75, 3.05) is 7.11 Å². The highest BCUT2D eigenvalue weighted by Gasteiger charge is 2.11. The Morgan fingerprint density at radius 2 is 1.81 bits per heavy atom. The van der Waals surface area contributed by atoms with Crippen LogP contribution in [0.25, 0.3) is 5.69 Å². The highest BCUT2D eigenvalue weighted by Crippen LogP contribution is 2.28. The molecule has 0 bridgehead atoms. The van der Waals surface area contributed by atoms with Crippen molar-refractivity contribution in [2.45, 2.75) is 10.9 Å². The molecule has 106 valence electrons. The average Bonchev–Trinajstić information content (AvgIpc) is 3.02. The fourth-order valence-corrected chi connectivity index (χ4v) is 2.92. The molecule has 4 nitrogen and oxygen atoms in total. The number of hydrogen-bond acceptors (Lipinski definition) is 4. The Bertz CT molecular complexity index is 712. The van der Waals surface area contributed by atoms with Gasteiger partial charge in [-0.05, 0) is 17.7 Å². The van der Waals surface area contributed by atoms with Crippen LogP contribution in [0.15, 0.2) is 66.1 Å². The average molecular weight is 297 g/mol. The second-order valence-corrected chi connectivity index (χ2v) is 5.37. The van der Waals surface area contributed by atoms with E-state index in [9.17, 15) is 0 Å². The summed E-state index contributed by atoms with van der Waals surface area (Å²) in [5, 5.41) is 9.08. The largest absolute Gasteiger partial charge is 0.495 e. The van der Waals surface area contributed by atoms with Gasteiger partial charge in [-0.25, -0.2) is 0 Å². The SMILES string of the molecule is COc1ccccc1-n1cnnc1SCc1ccccc1. The Hall–Kier alpha value is -2.27. The quantitative estimate of drug-likeness (QED) is 0.675. The lowest BCUT2D eigenvalue weighted by molar-refractivity contribution is 0.412. The van der Waals surface area contributed by atoms with Gasteiger partial charge in [0.1, 0.15) is 12.1 Å². The molecule has 0 atom stereocenters. The number of benzene rings is 2. The molecule has 0 fully saturated rings. The number of methoxy groups -OCH3 is 1. The Kier molecular flexibility index (Phi) is 4.21. The van der Waals surface area contributed by atoms with E-state index in [0.29, 0.717) is 0 Å². The third-order valence-electron chi connectivity index (χ3n) is 3.07. The van der Waals surface area contributed by atoms with Crippen molar-refractivity contribution in [1.29, 1.82) is 0 Å². The van der Waals surface area contributed by atoms with Gasteiger partial charge in [0.2, 0.25) is 0 Å². The molecule has 0 N–H and O–H groups in total. The Morgan fingerprint density at radius 3 is 2.62 bits per heavy atom. The fourth-order valence-electron chi connectivity index (χ4n) is 2.04. The van der Waals surface area contributed by atoms with Crippen LogP contribution in [-0.2, 0) is 5.75 Å². The topological polar surface area (TPSA) is 39.9 Å². The summed E-state index contributed by atoms with van der Waals surface area (Å²) in [6.07, 6.45) is 1.71. The molecule has 3 aromatic rings. The number of ether oxygens (including phenoxy) is 1. The predicted molar refractivity (Wildman–Crippen MR) is 83.9 cm³/mol. The molecule has 0 amide bonds. The first-order valence-corrected chi connectivity index (χ1v) is 7.57. The van der Waals surface area contributed by atoms with Crippen LogP contribution in [0.5, 0.6) is 5.75 Å². The van der Waals surface area contributed by atoms with Gasteiger partial charge in [-0.15, -0.1) is 10.2 Å². The van der Waals surface area contributed by atoms with Gasteiger partial charge >= 0.3 is 0 Å². The molecule has 5 heteroatoms. The minimum atomic E-state index is 0.805. The zero-order valence-corrected chi connectivity index (χ0v) is 12.5. The zero-order valence-electron chi connectivity index (χ0n) is 11.6. The van der Waals surface area contributed by atoms with Crippen LogP contribution in [-0.4, -0.2) is 21.9 Å². The number of aromatic nitrogens is 3. The molecule has 0 saturated carbocycles. The first-order chi connectivity index (χ1) is 10.4. The van der Waals surface area contributed by atoms with Gasteiger partial charge < -0.3 is 4.74 Å². The maximum atomic E-state index is 5.40. The van der Waals surface area contributed by atoms with Crippen molar-refractivity contribution < 1.29 is 4.74 Å². The molecular formula is C16H15N3OS. The summed E-state index contributed by atoms with van der Waals surface area (Å²) >= 11 is 1.65. The molecule has 1 heterocycles. The van der Waals surface area contributed by atoms with Crippen molar-refractivity contribution in [3.63, 3.8) is 0 Å². The Balaban J connectivity index is 1.84. The van der Waals surface area contributed by atoms with E-state index in [2.05, 4.69) is 22.3 Å². The van der Waals surface area contributed by atoms with Gasteiger partial charge in [-0.3, -0.25) is 4.57 Å². The van der Waals surface area contributed by atoms with Crippen molar-refractivity contribution in [2.24, 2.45) is 0 Å². The molecule has 0 saturated heterocycles. The van der Waals surface area contributed by atoms with E-state index in [4.69, 9.17) is 4.74 Å². The van der Waals surface area contributed by atoms with Crippen molar-refractivity contribution >= 4 is 11.8 Å². The van der Waals surface area contributed by atoms with Crippen LogP contribution in [0.2, 0.25) is 0 Å². The summed E-state index contributed by atoms with van der Waals surface area (Å²) in [6, 6.07) is 18.2. The van der Waals surface area contributed by atoms with Crippen LogP contribution in [0.1, 0.15) is 5.56 Å². The molecule has 3 rings (SSSR count). The van der Waals surface area contributed by atoms with Crippen LogP contribution >= 0.6 is 11.8 Å². The molecule has 2 aromatic carbocycles. The predicted octanol–water partition coefficient (Wildman–Crippen LogP) is 3.57. The van der Waals surface area contributed by atoms with Crippen molar-refractivity contribution in [3.05, 3.63) is 66.5 Å². The molecule has 0 aliphatic heterocycles. The molecular weight excluding hydrogens is 282 g/mol. The van der Waals surface area contributed by atoms with Crippen LogP contribution in [0.3, 0.4) is 0 Å². The normalized spacial score (nSPS) is 10.5. The molecule has 0 unspecified atom stereocenters. The fraction of sp³-hybridized carbons (Fsp3) is 0.125. The molecule has 0 radical (unpaired) electrons. The zero-order chi connectivity index (χ0) is 14.5. The highest BCUT2D eigenvalue weighted by atomic mass is 32.2. The monoisotopic (exact) mass is 297 g/mol. The first-order valence-electron chi connectivity index (χ1n) is 6.58. The van der Waals surface area contributed by atoms with Crippen LogP contribution in [0, 0.1) is 0 Å². The third-order valence-corrected chi connectivity index (χ3v) is 4.09. The van der Waals surface area contributed by atoms with Gasteiger partial charge in [0.25, 0.3) is 0 Å². The van der Waals surface area contributed by atoms with Crippen LogP contribution < -0.4 is 4.74 Å². The minimum Gasteiger partial charge on any atom is -0.495 e. The highest BCUT2D eigenvalue weighted by molar-refractivity contribution is 7.98. The van der Waals surface area contributed by atoms with E-state index >= 15 is 0 Å². The molecule has 0 spiro atoms. The molecule has 0 aliphatic carbocycles. The van der Waals surface area contributed by atoms with Gasteiger partial charge in [-0.1, -0.05) is 54.2 Å². The summed E-state index contributed by atoms with van der Waals surface area (Å²) < 4.78 is 7.35. The van der Waals surface area contributed by atoms with Gasteiger partial charge in [0, 0.05) is 5.75 Å². The minimum absolute atomic E-state index is 0.805. The second-order valence-electron chi connectivity index (χ2n) is 4.43. The third kappa shape index (κ3) is 3.08. The summed E-state index contributed by atoms with van der Waals surface area (Å²) in [4.78, 5) is 0. The Labute approximate surface area is 127 Å². The summed E-state index contributed by atoms with van der Waals surface area (Å²) in [7, 11) is 1.67. The summed E-state index contributed by atoms with van der Waals surface area (Å²) in [5.74, 6) is 1.66. The number of hydrogen-bond donors (Lipinski definition) is 0. The molecule has 0 aliphatic rings. The lowest BCUT2D eigenvalue weighted by Crippen LogP contribution is -1.98. The van der Waals surface area contributed by atoms with E-state index < -0.39 is 0 Å². The summed E-state index contributed by atoms with van der Waals surface area (Å²) in [5.41, 5.74) is 2.21. The molecule has 1 aromatic heterocycles. The molecule has 21 heavy (non-hydrogen) atoms. The standard InChI is InChI=1S/C16H15N3OS/c1-20-15-10-6-5-9-14(15)19-12-17-18-16(19)21-11-13-7-3-2-4-8-13/h2-10,12H,11H2,1H3. The number of thioether (sulfide) groups is 1. The van der Waals surface area contributed by atoms with E-state index in [1.807, 2.05) is 47.0 Å². The van der Waals surface area contributed by atoms with Gasteiger partial charge in [0.05, 0.1) is 12.8 Å². The van der Waals surface area contributed by atoms with Crippen molar-refractivity contribution in [1.82, 2.24) is 14.8 Å². The summed E-state index contributed by atoms with van der Waals surface area (Å²) in [6.45, 7) is 0. The number of nitrogens with zero attached hydrogens (tertiary/aromatic N) is 3. The first kappa shape index (κ1) is 13.7.